The molecular formula is C14H16N2O2. The minimum Gasteiger partial charge on any atom is -0.396 e. The zero-order valence-electron chi connectivity index (χ0n) is 10.1. The summed E-state index contributed by atoms with van der Waals surface area (Å²) in [5.74, 6) is 0. The SMILES string of the molecule is OCCC1OCCc2c1cnn2-c1ccccc1. The molecule has 94 valence electrons. The molecule has 18 heavy (non-hydrogen) atoms. The van der Waals surface area contributed by atoms with Gasteiger partial charge < -0.3 is 9.84 Å². The maximum atomic E-state index is 9.06. The number of aromatic nitrogens is 2. The lowest BCUT2D eigenvalue weighted by Gasteiger charge is -2.23. The van der Waals surface area contributed by atoms with Crippen LogP contribution in [0.3, 0.4) is 0 Å². The minimum atomic E-state index is -0.0174. The fourth-order valence-corrected chi connectivity index (χ4v) is 2.44. The van der Waals surface area contributed by atoms with Gasteiger partial charge in [0.25, 0.3) is 0 Å². The Hall–Kier alpha value is -1.65. The third-order valence-electron chi connectivity index (χ3n) is 3.30. The van der Waals surface area contributed by atoms with Gasteiger partial charge in [-0.3, -0.25) is 0 Å². The number of hydrogen-bond acceptors (Lipinski definition) is 3. The molecule has 1 aromatic carbocycles. The fourth-order valence-electron chi connectivity index (χ4n) is 2.44. The molecule has 1 atom stereocenters. The number of aliphatic hydroxyl groups excluding tert-OH is 1. The van der Waals surface area contributed by atoms with Crippen LogP contribution in [-0.2, 0) is 11.2 Å². The first-order chi connectivity index (χ1) is 8.90. The highest BCUT2D eigenvalue weighted by Crippen LogP contribution is 2.30. The molecule has 1 N–H and O–H groups in total. The molecule has 0 fully saturated rings. The van der Waals surface area contributed by atoms with Crippen LogP contribution in [0.1, 0.15) is 23.8 Å². The average Bonchev–Trinajstić information content (AvgIpc) is 2.85. The molecule has 3 rings (SSSR count). The number of benzene rings is 1. The molecule has 0 saturated carbocycles. The number of nitrogens with zero attached hydrogens (tertiary/aromatic N) is 2. The highest BCUT2D eigenvalue weighted by molar-refractivity contribution is 5.36. The van der Waals surface area contributed by atoms with Crippen molar-refractivity contribution < 1.29 is 9.84 Å². The van der Waals surface area contributed by atoms with Crippen molar-refractivity contribution in [2.75, 3.05) is 13.2 Å². The smallest absolute Gasteiger partial charge is 0.0880 e. The maximum absolute atomic E-state index is 9.06. The molecular weight excluding hydrogens is 228 g/mol. The van der Waals surface area contributed by atoms with E-state index >= 15 is 0 Å². The van der Waals surface area contributed by atoms with Gasteiger partial charge in [-0.2, -0.15) is 5.10 Å². The normalized spacial score (nSPS) is 18.6. The van der Waals surface area contributed by atoms with E-state index in [1.807, 2.05) is 41.2 Å². The second kappa shape index (κ2) is 4.92. The van der Waals surface area contributed by atoms with Crippen molar-refractivity contribution >= 4 is 0 Å². The van der Waals surface area contributed by atoms with E-state index in [-0.39, 0.29) is 12.7 Å². The molecule has 0 spiro atoms. The van der Waals surface area contributed by atoms with E-state index in [0.717, 1.165) is 17.7 Å². The molecule has 1 aliphatic heterocycles. The first-order valence-corrected chi connectivity index (χ1v) is 6.25. The standard InChI is InChI=1S/C14H16N2O2/c17-8-6-14-12-10-15-16(13(12)7-9-18-14)11-4-2-1-3-5-11/h1-5,10,14,17H,6-9H2. The summed E-state index contributed by atoms with van der Waals surface area (Å²) < 4.78 is 7.66. The Labute approximate surface area is 106 Å². The van der Waals surface area contributed by atoms with Gasteiger partial charge in [0, 0.05) is 25.0 Å². The minimum absolute atomic E-state index is 0.0174. The lowest BCUT2D eigenvalue weighted by molar-refractivity contribution is 0.0246. The van der Waals surface area contributed by atoms with Crippen LogP contribution in [-0.4, -0.2) is 28.1 Å². The van der Waals surface area contributed by atoms with E-state index < -0.39 is 0 Å². The zero-order chi connectivity index (χ0) is 12.4. The second-order valence-electron chi connectivity index (χ2n) is 4.42. The van der Waals surface area contributed by atoms with E-state index in [2.05, 4.69) is 5.10 Å². The van der Waals surface area contributed by atoms with Crippen molar-refractivity contribution in [2.45, 2.75) is 18.9 Å². The van der Waals surface area contributed by atoms with Crippen molar-refractivity contribution in [3.05, 3.63) is 47.8 Å². The molecule has 0 radical (unpaired) electrons. The van der Waals surface area contributed by atoms with Crippen LogP contribution < -0.4 is 0 Å². The molecule has 1 unspecified atom stereocenters. The predicted octanol–water partition coefficient (Wildman–Crippen LogP) is 1.87. The van der Waals surface area contributed by atoms with Gasteiger partial charge in [-0.05, 0) is 12.1 Å². The first kappa shape index (κ1) is 11.4. The number of aliphatic hydroxyl groups is 1. The van der Waals surface area contributed by atoms with Gasteiger partial charge in [-0.25, -0.2) is 4.68 Å². The summed E-state index contributed by atoms with van der Waals surface area (Å²) in [6, 6.07) is 10.1. The Bertz CT molecular complexity index is 522. The molecule has 1 aromatic heterocycles. The van der Waals surface area contributed by atoms with Crippen molar-refractivity contribution in [1.82, 2.24) is 9.78 Å². The van der Waals surface area contributed by atoms with E-state index in [9.17, 15) is 0 Å². The Kier molecular flexibility index (Phi) is 3.13. The lowest BCUT2D eigenvalue weighted by Crippen LogP contribution is -2.18. The summed E-state index contributed by atoms with van der Waals surface area (Å²) in [4.78, 5) is 0. The summed E-state index contributed by atoms with van der Waals surface area (Å²) in [6.45, 7) is 0.830. The molecule has 4 heteroatoms. The van der Waals surface area contributed by atoms with E-state index in [4.69, 9.17) is 9.84 Å². The van der Waals surface area contributed by atoms with E-state index in [1.54, 1.807) is 0 Å². The lowest BCUT2D eigenvalue weighted by atomic mass is 10.0. The van der Waals surface area contributed by atoms with Crippen LogP contribution in [0.25, 0.3) is 5.69 Å². The largest absolute Gasteiger partial charge is 0.396 e. The molecule has 2 aromatic rings. The van der Waals surface area contributed by atoms with Crippen molar-refractivity contribution in [3.63, 3.8) is 0 Å². The summed E-state index contributed by atoms with van der Waals surface area (Å²) in [5.41, 5.74) is 3.38. The van der Waals surface area contributed by atoms with Crippen molar-refractivity contribution in [2.24, 2.45) is 0 Å². The molecule has 0 bridgehead atoms. The highest BCUT2D eigenvalue weighted by atomic mass is 16.5. The number of rotatable bonds is 3. The van der Waals surface area contributed by atoms with Crippen LogP contribution in [0.4, 0.5) is 0 Å². The summed E-state index contributed by atoms with van der Waals surface area (Å²) >= 11 is 0. The number of fused-ring (bicyclic) bond motifs is 1. The van der Waals surface area contributed by atoms with Gasteiger partial charge in [-0.1, -0.05) is 18.2 Å². The maximum Gasteiger partial charge on any atom is 0.0880 e. The van der Waals surface area contributed by atoms with Crippen molar-refractivity contribution in [1.29, 1.82) is 0 Å². The number of ether oxygens (including phenoxy) is 1. The summed E-state index contributed by atoms with van der Waals surface area (Å²) in [7, 11) is 0. The highest BCUT2D eigenvalue weighted by Gasteiger charge is 2.24. The molecule has 2 heterocycles. The second-order valence-corrected chi connectivity index (χ2v) is 4.42. The number of para-hydroxylation sites is 1. The zero-order valence-corrected chi connectivity index (χ0v) is 10.1. The topological polar surface area (TPSA) is 47.3 Å². The summed E-state index contributed by atoms with van der Waals surface area (Å²) in [6.07, 6.45) is 3.35. The Morgan fingerprint density at radius 2 is 2.17 bits per heavy atom. The summed E-state index contributed by atoms with van der Waals surface area (Å²) in [5, 5.41) is 13.5. The van der Waals surface area contributed by atoms with Gasteiger partial charge in [0.2, 0.25) is 0 Å². The average molecular weight is 244 g/mol. The third-order valence-corrected chi connectivity index (χ3v) is 3.30. The van der Waals surface area contributed by atoms with Crippen LogP contribution in [0, 0.1) is 0 Å². The Morgan fingerprint density at radius 3 is 2.94 bits per heavy atom. The van der Waals surface area contributed by atoms with Gasteiger partial charge in [0.15, 0.2) is 0 Å². The third kappa shape index (κ3) is 1.94. The molecule has 1 aliphatic rings. The van der Waals surface area contributed by atoms with Gasteiger partial charge in [0.1, 0.15) is 0 Å². The Balaban J connectivity index is 2.00. The van der Waals surface area contributed by atoms with Crippen LogP contribution >= 0.6 is 0 Å². The van der Waals surface area contributed by atoms with Crippen LogP contribution in [0.2, 0.25) is 0 Å². The molecule has 0 aliphatic carbocycles. The predicted molar refractivity (Wildman–Crippen MR) is 67.7 cm³/mol. The monoisotopic (exact) mass is 244 g/mol. The van der Waals surface area contributed by atoms with Gasteiger partial charge in [0.05, 0.1) is 30.3 Å². The molecule has 4 nitrogen and oxygen atoms in total. The Morgan fingerprint density at radius 1 is 1.33 bits per heavy atom. The number of hydrogen-bond donors (Lipinski definition) is 1. The van der Waals surface area contributed by atoms with Crippen LogP contribution in [0.5, 0.6) is 0 Å². The van der Waals surface area contributed by atoms with Gasteiger partial charge >= 0.3 is 0 Å². The van der Waals surface area contributed by atoms with E-state index in [1.165, 1.54) is 5.69 Å². The molecule has 0 amide bonds. The van der Waals surface area contributed by atoms with Gasteiger partial charge in [-0.15, -0.1) is 0 Å². The van der Waals surface area contributed by atoms with E-state index in [0.29, 0.717) is 13.0 Å². The fraction of sp³-hybridized carbons (Fsp3) is 0.357. The quantitative estimate of drug-likeness (QED) is 0.896. The molecule has 0 saturated heterocycles. The van der Waals surface area contributed by atoms with Crippen LogP contribution in [0.15, 0.2) is 36.5 Å². The first-order valence-electron chi connectivity index (χ1n) is 6.25. The van der Waals surface area contributed by atoms with Crippen molar-refractivity contribution in [3.8, 4) is 5.69 Å².